The summed E-state index contributed by atoms with van der Waals surface area (Å²) < 4.78 is 0. The highest BCUT2D eigenvalue weighted by Gasteiger charge is 2.34. The van der Waals surface area contributed by atoms with Gasteiger partial charge in [0.05, 0.1) is 12.1 Å². The summed E-state index contributed by atoms with van der Waals surface area (Å²) in [7, 11) is 0. The van der Waals surface area contributed by atoms with E-state index in [-0.39, 0.29) is 17.9 Å². The van der Waals surface area contributed by atoms with Crippen LogP contribution < -0.4 is 16.4 Å². The molecule has 0 heterocycles. The Kier molecular flexibility index (Phi) is 7.53. The Balaban J connectivity index is 2.15. The molecule has 0 aromatic heterocycles. The Morgan fingerprint density at radius 1 is 1.14 bits per heavy atom. The first-order valence-corrected chi connectivity index (χ1v) is 9.63. The van der Waals surface area contributed by atoms with Gasteiger partial charge in [0, 0.05) is 17.6 Å². The monoisotopic (exact) mass is 403 g/mol. The van der Waals surface area contributed by atoms with Crippen molar-refractivity contribution in [3.8, 4) is 0 Å². The average molecular weight is 403 g/mol. The molecular formula is C21H29N3O5. The molecule has 8 nitrogen and oxygen atoms in total. The van der Waals surface area contributed by atoms with Crippen molar-refractivity contribution >= 4 is 17.7 Å². The second kappa shape index (κ2) is 9.67. The SMILES string of the molecule is Cc1ccc(C(=O)NC2C=C(C(=O)NC(CC(C)C)C(N)=O)CC(O)C2O)cc1. The van der Waals surface area contributed by atoms with Crippen molar-refractivity contribution in [1.29, 1.82) is 0 Å². The molecule has 1 aromatic rings. The minimum absolute atomic E-state index is 0.100. The zero-order valence-electron chi connectivity index (χ0n) is 16.9. The Hall–Kier alpha value is -2.71. The Morgan fingerprint density at radius 2 is 1.76 bits per heavy atom. The summed E-state index contributed by atoms with van der Waals surface area (Å²) in [4.78, 5) is 36.6. The topological polar surface area (TPSA) is 142 Å². The zero-order chi connectivity index (χ0) is 21.7. The van der Waals surface area contributed by atoms with Gasteiger partial charge < -0.3 is 26.6 Å². The van der Waals surface area contributed by atoms with Crippen molar-refractivity contribution in [2.45, 2.75) is 57.9 Å². The van der Waals surface area contributed by atoms with Gasteiger partial charge in [0.15, 0.2) is 0 Å². The van der Waals surface area contributed by atoms with E-state index in [0.717, 1.165) is 5.56 Å². The third-order valence-electron chi connectivity index (χ3n) is 4.83. The number of nitrogens with two attached hydrogens (primary N) is 1. The van der Waals surface area contributed by atoms with Crippen molar-refractivity contribution in [3.05, 3.63) is 47.0 Å². The molecule has 0 bridgehead atoms. The maximum atomic E-state index is 12.6. The van der Waals surface area contributed by atoms with E-state index < -0.39 is 42.0 Å². The highest BCUT2D eigenvalue weighted by atomic mass is 16.3. The van der Waals surface area contributed by atoms with Gasteiger partial charge in [0.25, 0.3) is 5.91 Å². The number of primary amides is 1. The quantitative estimate of drug-likeness (QED) is 0.441. The van der Waals surface area contributed by atoms with Gasteiger partial charge in [-0.15, -0.1) is 0 Å². The molecule has 3 amide bonds. The van der Waals surface area contributed by atoms with E-state index >= 15 is 0 Å². The molecule has 0 fully saturated rings. The second-order valence-corrected chi connectivity index (χ2v) is 7.88. The molecule has 6 N–H and O–H groups in total. The third-order valence-corrected chi connectivity index (χ3v) is 4.83. The van der Waals surface area contributed by atoms with Crippen LogP contribution in [0.5, 0.6) is 0 Å². The van der Waals surface area contributed by atoms with Crippen LogP contribution in [0.25, 0.3) is 0 Å². The molecule has 4 unspecified atom stereocenters. The molecule has 2 rings (SSSR count). The second-order valence-electron chi connectivity index (χ2n) is 7.88. The molecule has 8 heteroatoms. The number of hydrogen-bond donors (Lipinski definition) is 5. The largest absolute Gasteiger partial charge is 0.390 e. The molecule has 0 saturated carbocycles. The average Bonchev–Trinajstić information content (AvgIpc) is 2.64. The third kappa shape index (κ3) is 6.13. The fourth-order valence-corrected chi connectivity index (χ4v) is 3.17. The summed E-state index contributed by atoms with van der Waals surface area (Å²) in [6.07, 6.45) is -0.805. The first-order chi connectivity index (χ1) is 13.6. The van der Waals surface area contributed by atoms with E-state index in [1.54, 1.807) is 24.3 Å². The molecule has 1 aliphatic rings. The van der Waals surface area contributed by atoms with Crippen LogP contribution in [0.1, 0.15) is 42.6 Å². The number of hydrogen-bond acceptors (Lipinski definition) is 5. The Morgan fingerprint density at radius 3 is 2.31 bits per heavy atom. The van der Waals surface area contributed by atoms with E-state index in [9.17, 15) is 24.6 Å². The number of aliphatic hydroxyl groups excluding tert-OH is 2. The molecule has 0 radical (unpaired) electrons. The van der Waals surface area contributed by atoms with Crippen molar-refractivity contribution in [3.63, 3.8) is 0 Å². The van der Waals surface area contributed by atoms with Crippen LogP contribution in [0.4, 0.5) is 0 Å². The fourth-order valence-electron chi connectivity index (χ4n) is 3.17. The summed E-state index contributed by atoms with van der Waals surface area (Å²) in [5.74, 6) is -1.50. The summed E-state index contributed by atoms with van der Waals surface area (Å²) in [5.41, 5.74) is 6.93. The molecular weight excluding hydrogens is 374 g/mol. The number of aliphatic hydroxyl groups is 2. The summed E-state index contributed by atoms with van der Waals surface area (Å²) in [6.45, 7) is 5.70. The number of benzene rings is 1. The number of rotatable bonds is 7. The van der Waals surface area contributed by atoms with Crippen LogP contribution in [0.15, 0.2) is 35.9 Å². The van der Waals surface area contributed by atoms with Gasteiger partial charge in [-0.25, -0.2) is 0 Å². The lowest BCUT2D eigenvalue weighted by Crippen LogP contribution is -2.52. The first kappa shape index (κ1) is 22.6. The number of carbonyl (C=O) groups excluding carboxylic acids is 3. The van der Waals surface area contributed by atoms with Crippen LogP contribution in [0.2, 0.25) is 0 Å². The summed E-state index contributed by atoms with van der Waals surface area (Å²) in [5, 5.41) is 25.6. The van der Waals surface area contributed by atoms with E-state index in [2.05, 4.69) is 10.6 Å². The Bertz CT molecular complexity index is 788. The first-order valence-electron chi connectivity index (χ1n) is 9.63. The predicted octanol–water partition coefficient (Wildman–Crippen LogP) is 0.162. The van der Waals surface area contributed by atoms with Crippen LogP contribution in [0.3, 0.4) is 0 Å². The molecule has 0 aliphatic heterocycles. The minimum Gasteiger partial charge on any atom is -0.390 e. The lowest BCUT2D eigenvalue weighted by molar-refractivity contribution is -0.126. The maximum absolute atomic E-state index is 12.6. The molecule has 29 heavy (non-hydrogen) atoms. The van der Waals surface area contributed by atoms with Crippen molar-refractivity contribution in [2.24, 2.45) is 11.7 Å². The van der Waals surface area contributed by atoms with Gasteiger partial charge in [-0.05, 0) is 31.4 Å². The van der Waals surface area contributed by atoms with Gasteiger partial charge >= 0.3 is 0 Å². The standard InChI is InChI=1S/C21H29N3O5/c1-11(2)8-16(19(22)27)24-21(29)14-9-15(18(26)17(25)10-14)23-20(28)13-6-4-12(3)5-7-13/h4-7,9,11,15-18,25-26H,8,10H2,1-3H3,(H2,22,27)(H,23,28)(H,24,29). The lowest BCUT2D eigenvalue weighted by atomic mass is 9.89. The summed E-state index contributed by atoms with van der Waals surface area (Å²) in [6, 6.07) is 5.08. The van der Waals surface area contributed by atoms with Crippen molar-refractivity contribution < 1.29 is 24.6 Å². The number of amides is 3. The number of aryl methyl sites for hydroxylation is 1. The van der Waals surface area contributed by atoms with Crippen LogP contribution in [0, 0.1) is 12.8 Å². The maximum Gasteiger partial charge on any atom is 0.251 e. The van der Waals surface area contributed by atoms with Gasteiger partial charge in [0.2, 0.25) is 11.8 Å². The van der Waals surface area contributed by atoms with Crippen LogP contribution in [-0.2, 0) is 9.59 Å². The smallest absolute Gasteiger partial charge is 0.251 e. The Labute approximate surface area is 170 Å². The zero-order valence-corrected chi connectivity index (χ0v) is 16.9. The van der Waals surface area contributed by atoms with Crippen LogP contribution >= 0.6 is 0 Å². The highest BCUT2D eigenvalue weighted by molar-refractivity contribution is 5.98. The normalized spacial score (nSPS) is 22.6. The highest BCUT2D eigenvalue weighted by Crippen LogP contribution is 2.21. The van der Waals surface area contributed by atoms with E-state index in [1.165, 1.54) is 6.08 Å². The van der Waals surface area contributed by atoms with Gasteiger partial charge in [-0.3, -0.25) is 14.4 Å². The molecule has 158 valence electrons. The van der Waals surface area contributed by atoms with E-state index in [0.29, 0.717) is 12.0 Å². The number of nitrogens with one attached hydrogen (secondary N) is 2. The van der Waals surface area contributed by atoms with Gasteiger partial charge in [-0.2, -0.15) is 0 Å². The van der Waals surface area contributed by atoms with E-state index in [1.807, 2.05) is 20.8 Å². The van der Waals surface area contributed by atoms with Crippen LogP contribution in [-0.4, -0.2) is 52.2 Å². The molecule has 1 aliphatic carbocycles. The summed E-state index contributed by atoms with van der Waals surface area (Å²) >= 11 is 0. The van der Waals surface area contributed by atoms with Crippen molar-refractivity contribution in [2.75, 3.05) is 0 Å². The van der Waals surface area contributed by atoms with Gasteiger partial charge in [0.1, 0.15) is 12.1 Å². The molecule has 4 atom stereocenters. The van der Waals surface area contributed by atoms with E-state index in [4.69, 9.17) is 5.73 Å². The molecule has 0 saturated heterocycles. The predicted molar refractivity (Wildman–Crippen MR) is 108 cm³/mol. The molecule has 0 spiro atoms. The van der Waals surface area contributed by atoms with Gasteiger partial charge in [-0.1, -0.05) is 37.6 Å². The number of carbonyl (C=O) groups is 3. The lowest BCUT2D eigenvalue weighted by Gasteiger charge is -2.31. The molecule has 1 aromatic carbocycles. The fraction of sp³-hybridized carbons (Fsp3) is 0.476. The van der Waals surface area contributed by atoms with Crippen molar-refractivity contribution in [1.82, 2.24) is 10.6 Å². The minimum atomic E-state index is -1.26.